The van der Waals surface area contributed by atoms with Crippen molar-refractivity contribution in [1.29, 1.82) is 0 Å². The van der Waals surface area contributed by atoms with Crippen LogP contribution in [0.2, 0.25) is 0 Å². The first-order valence-corrected chi connectivity index (χ1v) is 5.83. The number of nitrogens with two attached hydrogens (primary N) is 1. The van der Waals surface area contributed by atoms with Crippen molar-refractivity contribution in [3.8, 4) is 5.75 Å². The number of nitrogen functional groups attached to an aromatic ring is 1. The highest BCUT2D eigenvalue weighted by Crippen LogP contribution is 2.33. The normalized spacial score (nSPS) is 11.8. The van der Waals surface area contributed by atoms with E-state index in [1.54, 1.807) is 6.07 Å². The summed E-state index contributed by atoms with van der Waals surface area (Å²) < 4.78 is 31.3. The molecule has 0 saturated heterocycles. The minimum atomic E-state index is -4.36. The van der Waals surface area contributed by atoms with Crippen molar-refractivity contribution in [2.75, 3.05) is 5.73 Å². The van der Waals surface area contributed by atoms with Gasteiger partial charge >= 0.3 is 0 Å². The molecule has 0 aliphatic heterocycles. The Bertz CT molecular complexity index is 664. The van der Waals surface area contributed by atoms with Gasteiger partial charge in [0.05, 0.1) is 0 Å². The van der Waals surface area contributed by atoms with E-state index in [0.29, 0.717) is 0 Å². The molecule has 0 atom stereocenters. The van der Waals surface area contributed by atoms with Crippen LogP contribution in [0.3, 0.4) is 0 Å². The number of phenols is 1. The van der Waals surface area contributed by atoms with E-state index in [4.69, 9.17) is 10.3 Å². The number of hydrogen-bond acceptors (Lipinski definition) is 4. The van der Waals surface area contributed by atoms with Gasteiger partial charge in [-0.1, -0.05) is 12.1 Å². The molecule has 0 amide bonds. The van der Waals surface area contributed by atoms with Gasteiger partial charge in [0.15, 0.2) is 0 Å². The maximum absolute atomic E-state index is 11.1. The van der Waals surface area contributed by atoms with Crippen LogP contribution in [0.1, 0.15) is 0 Å². The van der Waals surface area contributed by atoms with E-state index < -0.39 is 10.1 Å². The minimum Gasteiger partial charge on any atom is -0.507 e. The van der Waals surface area contributed by atoms with E-state index in [-0.39, 0.29) is 27.1 Å². The molecular formula is C10H9NO4S. The fourth-order valence-electron chi connectivity index (χ4n) is 1.60. The van der Waals surface area contributed by atoms with Gasteiger partial charge in [-0.2, -0.15) is 8.42 Å². The molecule has 0 bridgehead atoms. The second kappa shape index (κ2) is 3.36. The highest BCUT2D eigenvalue weighted by Gasteiger charge is 2.17. The number of aromatic hydroxyl groups is 1. The molecule has 0 fully saturated rings. The molecule has 16 heavy (non-hydrogen) atoms. The van der Waals surface area contributed by atoms with Gasteiger partial charge in [0.1, 0.15) is 10.6 Å². The summed E-state index contributed by atoms with van der Waals surface area (Å²) in [6, 6.07) is 6.92. The number of anilines is 1. The van der Waals surface area contributed by atoms with Gasteiger partial charge in [-0.05, 0) is 18.2 Å². The highest BCUT2D eigenvalue weighted by atomic mass is 32.2. The van der Waals surface area contributed by atoms with Gasteiger partial charge in [-0.25, -0.2) is 0 Å². The average Bonchev–Trinajstić information content (AvgIpc) is 2.18. The molecule has 0 unspecified atom stereocenters. The third-order valence-electron chi connectivity index (χ3n) is 2.29. The van der Waals surface area contributed by atoms with Crippen LogP contribution in [0.4, 0.5) is 5.69 Å². The summed E-state index contributed by atoms with van der Waals surface area (Å²) in [5.74, 6) is -0.0882. The molecule has 6 heteroatoms. The van der Waals surface area contributed by atoms with Crippen molar-refractivity contribution < 1.29 is 18.1 Å². The molecule has 2 aromatic carbocycles. The molecular weight excluding hydrogens is 230 g/mol. The molecule has 0 spiro atoms. The summed E-state index contributed by atoms with van der Waals surface area (Å²) in [7, 11) is -4.36. The molecule has 84 valence electrons. The van der Waals surface area contributed by atoms with E-state index in [9.17, 15) is 13.5 Å². The Morgan fingerprint density at radius 2 is 1.81 bits per heavy atom. The zero-order valence-electron chi connectivity index (χ0n) is 8.08. The van der Waals surface area contributed by atoms with Crippen LogP contribution in [0.5, 0.6) is 5.75 Å². The molecule has 0 aliphatic carbocycles. The SMILES string of the molecule is Nc1cccc2c(O)ccc(S(=O)(=O)O)c12. The summed E-state index contributed by atoms with van der Waals surface area (Å²) in [6.07, 6.45) is 0. The molecule has 0 radical (unpaired) electrons. The number of hydrogen-bond donors (Lipinski definition) is 3. The lowest BCUT2D eigenvalue weighted by Crippen LogP contribution is -2.01. The number of fused-ring (bicyclic) bond motifs is 1. The maximum atomic E-state index is 11.1. The third kappa shape index (κ3) is 1.58. The Morgan fingerprint density at radius 3 is 2.44 bits per heavy atom. The monoisotopic (exact) mass is 239 g/mol. The third-order valence-corrected chi connectivity index (χ3v) is 3.19. The van der Waals surface area contributed by atoms with Gasteiger partial charge in [0.2, 0.25) is 0 Å². The second-order valence-electron chi connectivity index (χ2n) is 3.33. The van der Waals surface area contributed by atoms with Crippen molar-refractivity contribution in [3.63, 3.8) is 0 Å². The Balaban J connectivity index is 3.04. The quantitative estimate of drug-likeness (QED) is 0.515. The molecule has 0 aliphatic rings. The standard InChI is InChI=1S/C10H9NO4S/c11-7-3-1-2-6-8(12)4-5-9(10(6)7)16(13,14)15/h1-5,12H,11H2,(H,13,14,15). The molecule has 4 N–H and O–H groups in total. The van der Waals surface area contributed by atoms with Gasteiger partial charge in [-0.3, -0.25) is 4.55 Å². The van der Waals surface area contributed by atoms with Crippen molar-refractivity contribution in [2.45, 2.75) is 4.90 Å². The van der Waals surface area contributed by atoms with Crippen molar-refractivity contribution >= 4 is 26.6 Å². The van der Waals surface area contributed by atoms with Crippen LogP contribution in [0.15, 0.2) is 35.2 Å². The van der Waals surface area contributed by atoms with Crippen LogP contribution in [0, 0.1) is 0 Å². The van der Waals surface area contributed by atoms with Gasteiger partial charge in [0.25, 0.3) is 10.1 Å². The molecule has 2 aromatic rings. The topological polar surface area (TPSA) is 101 Å². The molecule has 5 nitrogen and oxygen atoms in total. The molecule has 2 rings (SSSR count). The smallest absolute Gasteiger partial charge is 0.295 e. The van der Waals surface area contributed by atoms with E-state index >= 15 is 0 Å². The maximum Gasteiger partial charge on any atom is 0.295 e. The highest BCUT2D eigenvalue weighted by molar-refractivity contribution is 7.86. The fourth-order valence-corrected chi connectivity index (χ4v) is 2.33. The number of phenolic OH excluding ortho intramolecular Hbond substituents is 1. The fraction of sp³-hybridized carbons (Fsp3) is 0. The molecule has 0 heterocycles. The van der Waals surface area contributed by atoms with E-state index in [0.717, 1.165) is 6.07 Å². The van der Waals surface area contributed by atoms with Gasteiger partial charge < -0.3 is 10.8 Å². The zero-order valence-corrected chi connectivity index (χ0v) is 8.90. The second-order valence-corrected chi connectivity index (χ2v) is 4.72. The van der Waals surface area contributed by atoms with Crippen molar-refractivity contribution in [2.24, 2.45) is 0 Å². The lowest BCUT2D eigenvalue weighted by atomic mass is 10.1. The van der Waals surface area contributed by atoms with Crippen LogP contribution < -0.4 is 5.73 Å². The van der Waals surface area contributed by atoms with E-state index in [1.165, 1.54) is 18.2 Å². The van der Waals surface area contributed by atoms with Gasteiger partial charge in [-0.15, -0.1) is 0 Å². The van der Waals surface area contributed by atoms with Crippen molar-refractivity contribution in [1.82, 2.24) is 0 Å². The Labute approximate surface area is 91.9 Å². The predicted octanol–water partition coefficient (Wildman–Crippen LogP) is 1.37. The summed E-state index contributed by atoms with van der Waals surface area (Å²) in [6.45, 7) is 0. The van der Waals surface area contributed by atoms with Crippen LogP contribution in [-0.4, -0.2) is 18.1 Å². The Hall–Kier alpha value is -1.79. The zero-order chi connectivity index (χ0) is 11.9. The van der Waals surface area contributed by atoms with E-state index in [2.05, 4.69) is 0 Å². The number of benzene rings is 2. The average molecular weight is 239 g/mol. The first kappa shape index (κ1) is 10.7. The first-order valence-electron chi connectivity index (χ1n) is 4.39. The minimum absolute atomic E-state index is 0.0882. The summed E-state index contributed by atoms with van der Waals surface area (Å²) in [5, 5.41) is 9.97. The van der Waals surface area contributed by atoms with Crippen LogP contribution in [-0.2, 0) is 10.1 Å². The first-order chi connectivity index (χ1) is 7.41. The lowest BCUT2D eigenvalue weighted by Gasteiger charge is -2.07. The predicted molar refractivity (Wildman–Crippen MR) is 59.8 cm³/mol. The lowest BCUT2D eigenvalue weighted by molar-refractivity contribution is 0.479. The summed E-state index contributed by atoms with van der Waals surface area (Å²) >= 11 is 0. The Kier molecular flexibility index (Phi) is 2.25. The van der Waals surface area contributed by atoms with E-state index in [1.807, 2.05) is 0 Å². The van der Waals surface area contributed by atoms with Gasteiger partial charge in [0, 0.05) is 16.5 Å². The summed E-state index contributed by atoms with van der Waals surface area (Å²) in [4.78, 5) is -0.307. The Morgan fingerprint density at radius 1 is 1.12 bits per heavy atom. The van der Waals surface area contributed by atoms with Crippen LogP contribution >= 0.6 is 0 Å². The van der Waals surface area contributed by atoms with Crippen LogP contribution in [0.25, 0.3) is 10.8 Å². The largest absolute Gasteiger partial charge is 0.507 e. The number of rotatable bonds is 1. The molecule has 0 saturated carbocycles. The summed E-state index contributed by atoms with van der Waals surface area (Å²) in [5.41, 5.74) is 5.82. The molecule has 0 aromatic heterocycles. The van der Waals surface area contributed by atoms with Crippen molar-refractivity contribution in [3.05, 3.63) is 30.3 Å².